The largest absolute Gasteiger partial charge is 0.469 e. The number of amides is 2. The van der Waals surface area contributed by atoms with Gasteiger partial charge in [0.2, 0.25) is 11.8 Å². The Morgan fingerprint density at radius 3 is 2.79 bits per heavy atom. The van der Waals surface area contributed by atoms with Gasteiger partial charge in [0.15, 0.2) is 0 Å². The maximum Gasteiger partial charge on any atom is 0.220 e. The van der Waals surface area contributed by atoms with Gasteiger partial charge in [0, 0.05) is 36.9 Å². The summed E-state index contributed by atoms with van der Waals surface area (Å²) in [5, 5.41) is 13.2. The molecule has 0 radical (unpaired) electrons. The Kier molecular flexibility index (Phi) is 5.46. The molecule has 1 saturated heterocycles. The van der Waals surface area contributed by atoms with Crippen molar-refractivity contribution < 1.29 is 14.0 Å². The van der Waals surface area contributed by atoms with E-state index in [1.807, 2.05) is 42.5 Å². The normalized spacial score (nSPS) is 18.6. The van der Waals surface area contributed by atoms with E-state index in [0.29, 0.717) is 38.6 Å². The molecule has 7 heteroatoms. The van der Waals surface area contributed by atoms with Crippen molar-refractivity contribution >= 4 is 11.8 Å². The van der Waals surface area contributed by atoms with Crippen LogP contribution in [0, 0.1) is 0 Å². The van der Waals surface area contributed by atoms with E-state index in [4.69, 9.17) is 4.42 Å². The summed E-state index contributed by atoms with van der Waals surface area (Å²) in [6.45, 7) is 0.400. The highest BCUT2D eigenvalue weighted by Gasteiger charge is 2.38. The number of furan rings is 1. The molecule has 1 fully saturated rings. The number of carbonyl (C=O) groups is 2. The van der Waals surface area contributed by atoms with Crippen molar-refractivity contribution in [1.82, 2.24) is 20.8 Å². The van der Waals surface area contributed by atoms with Crippen LogP contribution in [0.15, 0.2) is 59.3 Å². The lowest BCUT2D eigenvalue weighted by atomic mass is 9.87. The summed E-state index contributed by atoms with van der Waals surface area (Å²) in [7, 11) is 0. The van der Waals surface area contributed by atoms with E-state index in [1.54, 1.807) is 12.5 Å². The summed E-state index contributed by atoms with van der Waals surface area (Å²) < 4.78 is 5.45. The van der Waals surface area contributed by atoms with Gasteiger partial charge < -0.3 is 15.1 Å². The summed E-state index contributed by atoms with van der Waals surface area (Å²) >= 11 is 0. The number of rotatable bonds is 8. The second-order valence-corrected chi connectivity index (χ2v) is 7.50. The minimum Gasteiger partial charge on any atom is -0.469 e. The summed E-state index contributed by atoms with van der Waals surface area (Å²) in [4.78, 5) is 24.3. The van der Waals surface area contributed by atoms with E-state index < -0.39 is 5.54 Å². The van der Waals surface area contributed by atoms with Crippen molar-refractivity contribution in [1.29, 1.82) is 0 Å². The van der Waals surface area contributed by atoms with Gasteiger partial charge in [-0.25, -0.2) is 0 Å². The van der Waals surface area contributed by atoms with Gasteiger partial charge in [0.05, 0.1) is 18.2 Å². The summed E-state index contributed by atoms with van der Waals surface area (Å²) in [6, 6.07) is 13.6. The predicted molar refractivity (Wildman–Crippen MR) is 108 cm³/mol. The van der Waals surface area contributed by atoms with Gasteiger partial charge in [0.25, 0.3) is 0 Å². The third-order valence-electron chi connectivity index (χ3n) is 5.41. The van der Waals surface area contributed by atoms with Gasteiger partial charge in [-0.1, -0.05) is 30.3 Å². The smallest absolute Gasteiger partial charge is 0.220 e. The molecule has 1 unspecified atom stereocenters. The Bertz CT molecular complexity index is 965. The molecule has 3 N–H and O–H groups in total. The Labute approximate surface area is 168 Å². The molecule has 2 amide bonds. The van der Waals surface area contributed by atoms with Crippen molar-refractivity contribution in [2.24, 2.45) is 0 Å². The van der Waals surface area contributed by atoms with Crippen molar-refractivity contribution in [3.05, 3.63) is 66.2 Å². The molecule has 4 rings (SSSR count). The summed E-state index contributed by atoms with van der Waals surface area (Å²) in [5.74, 6) is 0.798. The van der Waals surface area contributed by atoms with E-state index in [-0.39, 0.29) is 11.8 Å². The first-order chi connectivity index (χ1) is 14.1. The minimum absolute atomic E-state index is 0.0304. The van der Waals surface area contributed by atoms with Gasteiger partial charge in [-0.05, 0) is 30.5 Å². The Morgan fingerprint density at radius 2 is 2.07 bits per heavy atom. The average molecular weight is 392 g/mol. The number of H-pyrrole nitrogens is 1. The number of carbonyl (C=O) groups excluding carboxylic acids is 2. The van der Waals surface area contributed by atoms with Crippen LogP contribution in [-0.4, -0.2) is 27.6 Å². The number of hydrogen-bond acceptors (Lipinski definition) is 4. The minimum atomic E-state index is -0.420. The van der Waals surface area contributed by atoms with E-state index in [0.717, 1.165) is 22.6 Å². The van der Waals surface area contributed by atoms with Crippen LogP contribution < -0.4 is 10.6 Å². The predicted octanol–water partition coefficient (Wildman–Crippen LogP) is 2.96. The molecule has 1 aromatic carbocycles. The zero-order chi connectivity index (χ0) is 20.1. The molecule has 3 heterocycles. The molecular weight excluding hydrogens is 368 g/mol. The van der Waals surface area contributed by atoms with E-state index >= 15 is 0 Å². The van der Waals surface area contributed by atoms with Crippen LogP contribution in [0.1, 0.15) is 37.0 Å². The van der Waals surface area contributed by atoms with Gasteiger partial charge in [-0.15, -0.1) is 0 Å². The number of nitrogens with zero attached hydrogens (tertiary/aromatic N) is 1. The lowest BCUT2D eigenvalue weighted by Crippen LogP contribution is -2.44. The molecule has 1 aliphatic rings. The molecule has 0 saturated carbocycles. The van der Waals surface area contributed by atoms with Crippen LogP contribution in [0.5, 0.6) is 0 Å². The third-order valence-corrected chi connectivity index (χ3v) is 5.41. The molecule has 150 valence electrons. The molecule has 7 nitrogen and oxygen atoms in total. The molecule has 0 spiro atoms. The SMILES string of the molecule is O=C(CCC1(Cc2ccco2)CCC(=O)N1)NCc1cn[nH]c1-c1ccccc1. The third kappa shape index (κ3) is 4.56. The first-order valence-corrected chi connectivity index (χ1v) is 9.81. The van der Waals surface area contributed by atoms with Gasteiger partial charge in [-0.3, -0.25) is 14.7 Å². The lowest BCUT2D eigenvalue weighted by Gasteiger charge is -2.28. The van der Waals surface area contributed by atoms with E-state index in [2.05, 4.69) is 20.8 Å². The Hall–Kier alpha value is -3.35. The van der Waals surface area contributed by atoms with E-state index in [9.17, 15) is 9.59 Å². The monoisotopic (exact) mass is 392 g/mol. The number of benzene rings is 1. The fourth-order valence-electron chi connectivity index (χ4n) is 3.86. The maximum absolute atomic E-state index is 12.5. The molecule has 0 bridgehead atoms. The van der Waals surface area contributed by atoms with Crippen molar-refractivity contribution in [3.63, 3.8) is 0 Å². The van der Waals surface area contributed by atoms with Crippen LogP contribution in [0.2, 0.25) is 0 Å². The number of aromatic nitrogens is 2. The molecule has 1 aliphatic heterocycles. The van der Waals surface area contributed by atoms with Crippen LogP contribution in [0.4, 0.5) is 0 Å². The van der Waals surface area contributed by atoms with Crippen LogP contribution in [-0.2, 0) is 22.6 Å². The highest BCUT2D eigenvalue weighted by Crippen LogP contribution is 2.29. The van der Waals surface area contributed by atoms with Crippen molar-refractivity contribution in [2.75, 3.05) is 0 Å². The standard InChI is InChI=1S/C22H24N4O3/c27-19(23-14-17-15-24-26-21(17)16-5-2-1-3-6-16)8-10-22(11-9-20(28)25-22)13-18-7-4-12-29-18/h1-7,12,15H,8-11,13-14H2,(H,23,27)(H,24,26)(H,25,28). The fraction of sp³-hybridized carbons (Fsp3) is 0.318. The highest BCUT2D eigenvalue weighted by atomic mass is 16.3. The highest BCUT2D eigenvalue weighted by molar-refractivity contribution is 5.80. The average Bonchev–Trinajstić information content (AvgIpc) is 3.48. The molecule has 2 aromatic heterocycles. The second kappa shape index (κ2) is 8.34. The van der Waals surface area contributed by atoms with Gasteiger partial charge in [0.1, 0.15) is 5.76 Å². The maximum atomic E-state index is 12.5. The molecule has 0 aliphatic carbocycles. The second-order valence-electron chi connectivity index (χ2n) is 7.50. The van der Waals surface area contributed by atoms with E-state index in [1.165, 1.54) is 0 Å². The fourth-order valence-corrected chi connectivity index (χ4v) is 3.86. The Morgan fingerprint density at radius 1 is 1.21 bits per heavy atom. The topological polar surface area (TPSA) is 100 Å². The first-order valence-electron chi connectivity index (χ1n) is 9.81. The molecule has 29 heavy (non-hydrogen) atoms. The summed E-state index contributed by atoms with van der Waals surface area (Å²) in [6.07, 6.45) is 6.05. The number of nitrogens with one attached hydrogen (secondary N) is 3. The van der Waals surface area contributed by atoms with Crippen molar-refractivity contribution in [3.8, 4) is 11.3 Å². The zero-order valence-electron chi connectivity index (χ0n) is 16.1. The number of hydrogen-bond donors (Lipinski definition) is 3. The molecule has 3 aromatic rings. The zero-order valence-corrected chi connectivity index (χ0v) is 16.1. The first kappa shape index (κ1) is 19.0. The van der Waals surface area contributed by atoms with Gasteiger partial charge in [-0.2, -0.15) is 5.10 Å². The van der Waals surface area contributed by atoms with Crippen LogP contribution in [0.25, 0.3) is 11.3 Å². The molecule has 1 atom stereocenters. The van der Waals surface area contributed by atoms with Crippen LogP contribution >= 0.6 is 0 Å². The molecular formula is C22H24N4O3. The quantitative estimate of drug-likeness (QED) is 0.549. The Balaban J connectivity index is 1.34. The lowest BCUT2D eigenvalue weighted by molar-refractivity contribution is -0.122. The summed E-state index contributed by atoms with van der Waals surface area (Å²) in [5.41, 5.74) is 2.45. The van der Waals surface area contributed by atoms with Gasteiger partial charge >= 0.3 is 0 Å². The van der Waals surface area contributed by atoms with Crippen LogP contribution in [0.3, 0.4) is 0 Å². The number of aromatic amines is 1. The van der Waals surface area contributed by atoms with Crippen molar-refractivity contribution in [2.45, 2.75) is 44.2 Å².